The van der Waals surface area contributed by atoms with Gasteiger partial charge in [-0.1, -0.05) is 73.5 Å². The van der Waals surface area contributed by atoms with Gasteiger partial charge in [0, 0.05) is 18.0 Å². The quantitative estimate of drug-likeness (QED) is 0.667. The highest BCUT2D eigenvalue weighted by molar-refractivity contribution is 5.81. The maximum absolute atomic E-state index is 13.5. The predicted molar refractivity (Wildman–Crippen MR) is 122 cm³/mol. The van der Waals surface area contributed by atoms with Gasteiger partial charge in [0.15, 0.2) is 5.60 Å². The van der Waals surface area contributed by atoms with Crippen molar-refractivity contribution < 1.29 is 14.6 Å². The molecule has 4 rings (SSSR count). The van der Waals surface area contributed by atoms with Gasteiger partial charge in [0.1, 0.15) is 6.10 Å². The van der Waals surface area contributed by atoms with Crippen molar-refractivity contribution in [3.05, 3.63) is 71.8 Å². The fraction of sp³-hybridized carbons (Fsp3) is 0.519. The molecule has 4 nitrogen and oxygen atoms in total. The molecule has 4 heteroatoms. The topological polar surface area (TPSA) is 49.8 Å². The van der Waals surface area contributed by atoms with Crippen molar-refractivity contribution in [2.75, 3.05) is 13.1 Å². The van der Waals surface area contributed by atoms with Gasteiger partial charge in [0.2, 0.25) is 0 Å². The molecule has 1 unspecified atom stereocenters. The van der Waals surface area contributed by atoms with Crippen molar-refractivity contribution in [3.8, 4) is 0 Å². The highest BCUT2D eigenvalue weighted by Gasteiger charge is 2.49. The maximum Gasteiger partial charge on any atom is 0.343 e. The number of esters is 1. The van der Waals surface area contributed by atoms with E-state index in [-0.39, 0.29) is 17.6 Å². The molecular weight excluding hydrogens is 386 g/mol. The smallest absolute Gasteiger partial charge is 0.343 e. The lowest BCUT2D eigenvalue weighted by atomic mass is 9.80. The summed E-state index contributed by atoms with van der Waals surface area (Å²) < 4.78 is 6.05. The molecule has 1 saturated heterocycles. The number of carbonyl (C=O) groups is 1. The lowest BCUT2D eigenvalue weighted by Gasteiger charge is -2.44. The second-order valence-corrected chi connectivity index (χ2v) is 9.65. The van der Waals surface area contributed by atoms with Crippen LogP contribution < -0.4 is 0 Å². The summed E-state index contributed by atoms with van der Waals surface area (Å²) in [6.07, 6.45) is 5.42. The number of ether oxygens (including phenoxy) is 1. The molecule has 1 saturated carbocycles. The Balaban J connectivity index is 1.51. The first-order chi connectivity index (χ1) is 14.9. The predicted octanol–water partition coefficient (Wildman–Crippen LogP) is 5.01. The van der Waals surface area contributed by atoms with Gasteiger partial charge in [-0.3, -0.25) is 4.90 Å². The van der Waals surface area contributed by atoms with E-state index in [1.54, 1.807) is 0 Å². The molecule has 0 radical (unpaired) electrons. The van der Waals surface area contributed by atoms with Gasteiger partial charge >= 0.3 is 5.97 Å². The van der Waals surface area contributed by atoms with Gasteiger partial charge in [-0.2, -0.15) is 0 Å². The average Bonchev–Trinajstić information content (AvgIpc) is 3.35. The van der Waals surface area contributed by atoms with Crippen LogP contribution in [0.5, 0.6) is 0 Å². The Kier molecular flexibility index (Phi) is 6.49. The average molecular weight is 422 g/mol. The van der Waals surface area contributed by atoms with Gasteiger partial charge < -0.3 is 9.84 Å². The molecule has 0 spiro atoms. The number of benzene rings is 2. The van der Waals surface area contributed by atoms with Crippen molar-refractivity contribution in [2.24, 2.45) is 5.92 Å². The maximum atomic E-state index is 13.5. The van der Waals surface area contributed by atoms with E-state index in [9.17, 15) is 9.90 Å². The summed E-state index contributed by atoms with van der Waals surface area (Å²) in [7, 11) is 0. The van der Waals surface area contributed by atoms with Crippen LogP contribution in [0.25, 0.3) is 0 Å². The van der Waals surface area contributed by atoms with E-state index in [4.69, 9.17) is 4.74 Å². The summed E-state index contributed by atoms with van der Waals surface area (Å²) >= 11 is 0. The van der Waals surface area contributed by atoms with E-state index >= 15 is 0 Å². The Labute approximate surface area is 186 Å². The molecule has 0 amide bonds. The largest absolute Gasteiger partial charge is 0.459 e. The van der Waals surface area contributed by atoms with Gasteiger partial charge in [-0.15, -0.1) is 0 Å². The monoisotopic (exact) mass is 421 g/mol. The molecule has 2 aromatic rings. The van der Waals surface area contributed by atoms with Crippen LogP contribution in [0.2, 0.25) is 0 Å². The zero-order valence-electron chi connectivity index (χ0n) is 18.8. The second kappa shape index (κ2) is 9.13. The van der Waals surface area contributed by atoms with Crippen LogP contribution in [0.3, 0.4) is 0 Å². The number of hydrogen-bond acceptors (Lipinski definition) is 4. The molecule has 0 aromatic heterocycles. The Hall–Kier alpha value is -2.17. The van der Waals surface area contributed by atoms with Crippen LogP contribution in [0.15, 0.2) is 60.7 Å². The summed E-state index contributed by atoms with van der Waals surface area (Å²) in [4.78, 5) is 15.9. The SMILES string of the molecule is CC(C)(c1ccccc1)N1CCC[C@@H](OC(=O)C(O)(c2ccccc2)C2CCCC2)C1. The highest BCUT2D eigenvalue weighted by Crippen LogP contribution is 2.42. The van der Waals surface area contributed by atoms with Gasteiger partial charge in [-0.05, 0) is 57.2 Å². The summed E-state index contributed by atoms with van der Waals surface area (Å²) in [5.41, 5.74) is 0.209. The molecule has 1 aliphatic heterocycles. The Morgan fingerprint density at radius 2 is 1.48 bits per heavy atom. The molecular formula is C27H35NO3. The molecule has 0 bridgehead atoms. The number of likely N-dealkylation sites (tertiary alicyclic amines) is 1. The van der Waals surface area contributed by atoms with Crippen LogP contribution in [0.1, 0.15) is 63.5 Å². The highest BCUT2D eigenvalue weighted by atomic mass is 16.6. The van der Waals surface area contributed by atoms with Crippen molar-refractivity contribution in [2.45, 2.75) is 69.6 Å². The summed E-state index contributed by atoms with van der Waals surface area (Å²) in [6.45, 7) is 6.11. The van der Waals surface area contributed by atoms with Crippen molar-refractivity contribution >= 4 is 5.97 Å². The third kappa shape index (κ3) is 4.42. The van der Waals surface area contributed by atoms with Crippen LogP contribution in [0, 0.1) is 5.92 Å². The second-order valence-electron chi connectivity index (χ2n) is 9.65. The summed E-state index contributed by atoms with van der Waals surface area (Å²) in [6, 6.07) is 19.9. The number of piperidine rings is 1. The molecule has 2 aromatic carbocycles. The van der Waals surface area contributed by atoms with Gasteiger partial charge in [0.25, 0.3) is 0 Å². The van der Waals surface area contributed by atoms with Crippen LogP contribution in [0.4, 0.5) is 0 Å². The minimum Gasteiger partial charge on any atom is -0.459 e. The number of rotatable bonds is 6. The zero-order chi connectivity index (χ0) is 21.9. The number of carbonyl (C=O) groups excluding carboxylic acids is 1. The van der Waals surface area contributed by atoms with Crippen molar-refractivity contribution in [1.29, 1.82) is 0 Å². The first kappa shape index (κ1) is 22.0. The molecule has 31 heavy (non-hydrogen) atoms. The Morgan fingerprint density at radius 3 is 2.10 bits per heavy atom. The summed E-state index contributed by atoms with van der Waals surface area (Å²) in [5.74, 6) is -0.558. The third-order valence-electron chi connectivity index (χ3n) is 7.39. The standard InChI is InChI=1S/C27H35NO3/c1-26(2,21-12-5-3-6-13-21)28-19-11-18-24(20-28)31-25(29)27(30,23-16-9-10-17-23)22-14-7-4-8-15-22/h3-8,12-15,23-24,30H,9-11,16-20H2,1-2H3/t24-,27?/m1/s1. The first-order valence-electron chi connectivity index (χ1n) is 11.7. The van der Waals surface area contributed by atoms with E-state index in [0.717, 1.165) is 45.1 Å². The molecule has 2 fully saturated rings. The molecule has 2 aliphatic rings. The fourth-order valence-corrected chi connectivity index (χ4v) is 5.37. The van der Waals surface area contributed by atoms with E-state index in [2.05, 4.69) is 43.0 Å². The van der Waals surface area contributed by atoms with Crippen molar-refractivity contribution in [1.82, 2.24) is 4.90 Å². The minimum absolute atomic E-state index is 0.0807. The van der Waals surface area contributed by atoms with Gasteiger partial charge in [0.05, 0.1) is 0 Å². The number of aliphatic hydroxyl groups is 1. The first-order valence-corrected chi connectivity index (χ1v) is 11.7. The lowest BCUT2D eigenvalue weighted by Crippen LogP contribution is -2.52. The Bertz CT molecular complexity index is 861. The number of nitrogens with zero attached hydrogens (tertiary/aromatic N) is 1. The molecule has 2 atom stereocenters. The lowest BCUT2D eigenvalue weighted by molar-refractivity contribution is -0.183. The molecule has 1 heterocycles. The normalized spacial score (nSPS) is 22.7. The van der Waals surface area contributed by atoms with E-state index in [1.165, 1.54) is 5.56 Å². The molecule has 1 aliphatic carbocycles. The van der Waals surface area contributed by atoms with E-state index in [0.29, 0.717) is 12.1 Å². The Morgan fingerprint density at radius 1 is 0.903 bits per heavy atom. The van der Waals surface area contributed by atoms with Crippen LogP contribution in [-0.4, -0.2) is 35.2 Å². The van der Waals surface area contributed by atoms with Crippen LogP contribution >= 0.6 is 0 Å². The van der Waals surface area contributed by atoms with Crippen LogP contribution in [-0.2, 0) is 20.7 Å². The summed E-state index contributed by atoms with van der Waals surface area (Å²) in [5, 5.41) is 11.7. The van der Waals surface area contributed by atoms with E-state index < -0.39 is 11.6 Å². The molecule has 166 valence electrons. The zero-order valence-corrected chi connectivity index (χ0v) is 18.8. The van der Waals surface area contributed by atoms with Gasteiger partial charge in [-0.25, -0.2) is 4.79 Å². The van der Waals surface area contributed by atoms with E-state index in [1.807, 2.05) is 36.4 Å². The third-order valence-corrected chi connectivity index (χ3v) is 7.39. The minimum atomic E-state index is -1.56. The fourth-order valence-electron chi connectivity index (χ4n) is 5.37. The number of hydrogen-bond donors (Lipinski definition) is 1. The molecule has 1 N–H and O–H groups in total. The van der Waals surface area contributed by atoms with Crippen molar-refractivity contribution in [3.63, 3.8) is 0 Å².